The summed E-state index contributed by atoms with van der Waals surface area (Å²) in [6.45, 7) is 7.05. The Bertz CT molecular complexity index is 1160. The van der Waals surface area contributed by atoms with Gasteiger partial charge in [0.05, 0.1) is 36.5 Å². The van der Waals surface area contributed by atoms with Crippen LogP contribution in [0.1, 0.15) is 33.1 Å². The van der Waals surface area contributed by atoms with Crippen LogP contribution in [-0.4, -0.2) is 81.4 Å². The zero-order valence-electron chi connectivity index (χ0n) is 23.5. The highest BCUT2D eigenvalue weighted by molar-refractivity contribution is 6.33. The summed E-state index contributed by atoms with van der Waals surface area (Å²) in [4.78, 5) is 19.9. The van der Waals surface area contributed by atoms with Gasteiger partial charge in [0.2, 0.25) is 5.88 Å². The van der Waals surface area contributed by atoms with E-state index in [1.165, 1.54) is 6.07 Å². The zero-order chi connectivity index (χ0) is 28.8. The molecule has 1 aromatic heterocycles. The van der Waals surface area contributed by atoms with Crippen LogP contribution < -0.4 is 19.3 Å². The number of aliphatic carboxylic acids is 1. The fourth-order valence-corrected chi connectivity index (χ4v) is 5.87. The number of benzene rings is 1. The van der Waals surface area contributed by atoms with Gasteiger partial charge in [-0.1, -0.05) is 25.4 Å². The standard InChI is InChI=1S/C29H39ClFN3O6/c1-18-16-33(24-13-28(38-4)32-15-21(24)30)9-8-25(18)40-26-7-6-20(12-22(26)31)34-17-27(39-11-5-10-37-3)19(2)23(34)14-29(35)36/h6-7,12-13,15,18-19,23,25,27H,5,8-11,14,16-17H2,1-4H3,(H,35,36)/t18?,19-,23-,25?,27-/m0/s1. The number of carboxylic acids is 1. The Hall–Kier alpha value is -2.82. The van der Waals surface area contributed by atoms with Crippen LogP contribution in [0.4, 0.5) is 15.8 Å². The van der Waals surface area contributed by atoms with Crippen molar-refractivity contribution in [2.24, 2.45) is 11.8 Å². The summed E-state index contributed by atoms with van der Waals surface area (Å²) in [5.74, 6) is -0.605. The fourth-order valence-electron chi connectivity index (χ4n) is 5.65. The summed E-state index contributed by atoms with van der Waals surface area (Å²) in [6, 6.07) is 6.40. The zero-order valence-corrected chi connectivity index (χ0v) is 24.3. The van der Waals surface area contributed by atoms with Crippen molar-refractivity contribution in [1.29, 1.82) is 0 Å². The molecule has 2 fully saturated rings. The van der Waals surface area contributed by atoms with Crippen molar-refractivity contribution < 1.29 is 33.2 Å². The number of pyridine rings is 1. The van der Waals surface area contributed by atoms with Crippen LogP contribution in [0.5, 0.6) is 11.6 Å². The van der Waals surface area contributed by atoms with Crippen molar-refractivity contribution in [2.75, 3.05) is 56.9 Å². The Morgan fingerprint density at radius 2 is 1.98 bits per heavy atom. The topological polar surface area (TPSA) is 93.6 Å². The van der Waals surface area contributed by atoms with Crippen LogP contribution in [-0.2, 0) is 14.3 Å². The molecule has 3 heterocycles. The number of carboxylic acid groups (broad SMARTS) is 1. The predicted molar refractivity (Wildman–Crippen MR) is 151 cm³/mol. The second kappa shape index (κ2) is 13.7. The fraction of sp³-hybridized carbons (Fsp3) is 0.586. The second-order valence-electron chi connectivity index (χ2n) is 10.6. The summed E-state index contributed by atoms with van der Waals surface area (Å²) < 4.78 is 37.9. The van der Waals surface area contributed by atoms with Crippen LogP contribution in [0.3, 0.4) is 0 Å². The van der Waals surface area contributed by atoms with Crippen LogP contribution in [0, 0.1) is 17.7 Å². The van der Waals surface area contributed by atoms with Gasteiger partial charge in [-0.3, -0.25) is 4.79 Å². The van der Waals surface area contributed by atoms with E-state index in [4.69, 9.17) is 30.5 Å². The van der Waals surface area contributed by atoms with Gasteiger partial charge in [0.25, 0.3) is 0 Å². The number of halogens is 2. The molecule has 4 rings (SSSR count). The van der Waals surface area contributed by atoms with Gasteiger partial charge < -0.3 is 33.9 Å². The Kier molecular flexibility index (Phi) is 10.3. The molecule has 2 unspecified atom stereocenters. The lowest BCUT2D eigenvalue weighted by molar-refractivity contribution is -0.137. The number of piperidine rings is 1. The van der Waals surface area contributed by atoms with E-state index in [0.717, 1.165) is 12.1 Å². The number of aromatic nitrogens is 1. The van der Waals surface area contributed by atoms with Crippen molar-refractivity contribution in [3.8, 4) is 11.6 Å². The lowest BCUT2D eigenvalue weighted by atomic mass is 9.96. The van der Waals surface area contributed by atoms with Crippen molar-refractivity contribution in [2.45, 2.75) is 51.4 Å². The normalized spacial score (nSPS) is 24.8. The Labute approximate surface area is 240 Å². The van der Waals surface area contributed by atoms with Crippen LogP contribution in [0.15, 0.2) is 30.5 Å². The van der Waals surface area contributed by atoms with E-state index < -0.39 is 11.8 Å². The quantitative estimate of drug-likeness (QED) is 0.352. The molecule has 220 valence electrons. The molecule has 2 saturated heterocycles. The highest BCUT2D eigenvalue weighted by Gasteiger charge is 2.41. The van der Waals surface area contributed by atoms with E-state index in [0.29, 0.717) is 55.9 Å². The Morgan fingerprint density at radius 3 is 2.65 bits per heavy atom. The summed E-state index contributed by atoms with van der Waals surface area (Å²) in [5.41, 5.74) is 1.47. The SMILES string of the molecule is COCCCO[C@H]1CN(c2ccc(OC3CCN(c4cc(OC)ncc4Cl)CC3C)c(F)c2)[C@@H](CC(=O)O)[C@@H]1C. The minimum Gasteiger partial charge on any atom is -0.487 e. The van der Waals surface area contributed by atoms with E-state index >= 15 is 4.39 Å². The number of carbonyl (C=O) groups is 1. The average molecular weight is 580 g/mol. The van der Waals surface area contributed by atoms with Gasteiger partial charge in [0, 0.05) is 82.1 Å². The molecule has 0 radical (unpaired) electrons. The maximum Gasteiger partial charge on any atom is 0.305 e. The summed E-state index contributed by atoms with van der Waals surface area (Å²) >= 11 is 6.39. The summed E-state index contributed by atoms with van der Waals surface area (Å²) in [5, 5.41) is 10.1. The summed E-state index contributed by atoms with van der Waals surface area (Å²) in [7, 11) is 3.21. The van der Waals surface area contributed by atoms with E-state index in [9.17, 15) is 9.90 Å². The smallest absolute Gasteiger partial charge is 0.305 e. The molecule has 5 atom stereocenters. The molecule has 1 aromatic carbocycles. The lowest BCUT2D eigenvalue weighted by Gasteiger charge is -2.38. The maximum atomic E-state index is 15.4. The van der Waals surface area contributed by atoms with Gasteiger partial charge in [-0.25, -0.2) is 9.37 Å². The van der Waals surface area contributed by atoms with Gasteiger partial charge in [0.1, 0.15) is 6.10 Å². The largest absolute Gasteiger partial charge is 0.487 e. The molecule has 2 aliphatic rings. The molecule has 9 nitrogen and oxygen atoms in total. The van der Waals surface area contributed by atoms with Gasteiger partial charge in [-0.15, -0.1) is 0 Å². The number of hydrogen-bond acceptors (Lipinski definition) is 8. The number of anilines is 2. The van der Waals surface area contributed by atoms with E-state index in [-0.39, 0.29) is 42.3 Å². The maximum absolute atomic E-state index is 15.4. The number of hydrogen-bond donors (Lipinski definition) is 1. The molecule has 2 aliphatic heterocycles. The first-order valence-electron chi connectivity index (χ1n) is 13.7. The third kappa shape index (κ3) is 7.08. The Morgan fingerprint density at radius 1 is 1.18 bits per heavy atom. The van der Waals surface area contributed by atoms with E-state index in [2.05, 4.69) is 16.8 Å². The van der Waals surface area contributed by atoms with Gasteiger partial charge in [-0.2, -0.15) is 0 Å². The molecule has 0 spiro atoms. The number of nitrogens with zero attached hydrogens (tertiary/aromatic N) is 3. The molecule has 40 heavy (non-hydrogen) atoms. The van der Waals surface area contributed by atoms with E-state index in [1.807, 2.05) is 17.9 Å². The predicted octanol–water partition coefficient (Wildman–Crippen LogP) is 4.90. The van der Waals surface area contributed by atoms with Crippen molar-refractivity contribution in [3.05, 3.63) is 41.3 Å². The van der Waals surface area contributed by atoms with Crippen molar-refractivity contribution in [3.63, 3.8) is 0 Å². The third-order valence-corrected chi connectivity index (χ3v) is 8.18. The third-order valence-electron chi connectivity index (χ3n) is 7.89. The number of rotatable bonds is 12. The minimum atomic E-state index is -0.894. The molecule has 0 aliphatic carbocycles. The molecular formula is C29H39ClFN3O6. The molecule has 0 saturated carbocycles. The van der Waals surface area contributed by atoms with Crippen LogP contribution in [0.25, 0.3) is 0 Å². The first-order chi connectivity index (χ1) is 19.2. The van der Waals surface area contributed by atoms with Crippen molar-refractivity contribution >= 4 is 28.9 Å². The second-order valence-corrected chi connectivity index (χ2v) is 11.0. The molecule has 11 heteroatoms. The molecule has 0 bridgehead atoms. The first-order valence-corrected chi connectivity index (χ1v) is 14.1. The number of ether oxygens (including phenoxy) is 4. The highest BCUT2D eigenvalue weighted by atomic mass is 35.5. The van der Waals surface area contributed by atoms with Crippen molar-refractivity contribution in [1.82, 2.24) is 4.98 Å². The molecule has 1 N–H and O–H groups in total. The minimum absolute atomic E-state index is 0.0301. The van der Waals surface area contributed by atoms with Gasteiger partial charge >= 0.3 is 5.97 Å². The first kappa shape index (κ1) is 30.1. The van der Waals surface area contributed by atoms with Gasteiger partial charge in [-0.05, 0) is 18.6 Å². The molecule has 2 aromatic rings. The monoisotopic (exact) mass is 579 g/mol. The molecule has 0 amide bonds. The summed E-state index contributed by atoms with van der Waals surface area (Å²) in [6.07, 6.45) is 2.65. The lowest BCUT2D eigenvalue weighted by Crippen LogP contribution is -2.44. The Balaban J connectivity index is 1.42. The highest BCUT2D eigenvalue weighted by Crippen LogP contribution is 2.37. The average Bonchev–Trinajstić information content (AvgIpc) is 3.23. The number of methoxy groups -OCH3 is 2. The van der Waals surface area contributed by atoms with Crippen LogP contribution >= 0.6 is 11.6 Å². The molecular weight excluding hydrogens is 541 g/mol. The van der Waals surface area contributed by atoms with Gasteiger partial charge in [0.15, 0.2) is 11.6 Å². The van der Waals surface area contributed by atoms with E-state index in [1.54, 1.807) is 32.5 Å². The van der Waals surface area contributed by atoms with Crippen LogP contribution in [0.2, 0.25) is 5.02 Å².